The van der Waals surface area contributed by atoms with Crippen LogP contribution in [0.3, 0.4) is 0 Å². The molecule has 0 bridgehead atoms. The van der Waals surface area contributed by atoms with Crippen LogP contribution in [0.2, 0.25) is 0 Å². The van der Waals surface area contributed by atoms with Crippen LogP contribution in [0.4, 0.5) is 0 Å². The van der Waals surface area contributed by atoms with E-state index in [1.54, 1.807) is 4.90 Å². The number of nitrogens with one attached hydrogen (secondary N) is 1. The highest BCUT2D eigenvalue weighted by Gasteiger charge is 2.48. The van der Waals surface area contributed by atoms with Gasteiger partial charge in [-0.2, -0.15) is 0 Å². The van der Waals surface area contributed by atoms with E-state index in [-0.39, 0.29) is 17.9 Å². The molecule has 1 saturated carbocycles. The Morgan fingerprint density at radius 2 is 1.82 bits per heavy atom. The van der Waals surface area contributed by atoms with Crippen molar-refractivity contribution >= 4 is 22.8 Å². The number of rotatable bonds is 5. The standard InChI is InChI=1S/C27H32N4O2/c1-19-10-6-7-13-21(19)29-26(33)27(2)18-30-23-15-9-8-14-22(23)28-24(30)25(32)31(27)17-16-20-11-4-3-5-12-20/h3-5,8-9,11-12,14-15,19,21H,6-7,10,13,16-18H2,1-2H3,(H,29,33)/t19-,21+,27-/m1/s1. The van der Waals surface area contributed by atoms with Crippen molar-refractivity contribution in [3.63, 3.8) is 0 Å². The van der Waals surface area contributed by atoms with E-state index in [1.165, 1.54) is 6.42 Å². The van der Waals surface area contributed by atoms with Gasteiger partial charge in [-0.1, -0.05) is 62.2 Å². The van der Waals surface area contributed by atoms with Gasteiger partial charge in [0.2, 0.25) is 5.91 Å². The Kier molecular flexibility index (Phi) is 5.69. The van der Waals surface area contributed by atoms with E-state index in [1.807, 2.05) is 54.0 Å². The molecule has 0 saturated heterocycles. The normalized spacial score (nSPS) is 25.2. The first-order valence-electron chi connectivity index (χ1n) is 12.1. The summed E-state index contributed by atoms with van der Waals surface area (Å²) in [6.45, 7) is 5.00. The van der Waals surface area contributed by atoms with E-state index in [0.29, 0.717) is 31.3 Å². The van der Waals surface area contributed by atoms with Gasteiger partial charge in [-0.15, -0.1) is 0 Å². The van der Waals surface area contributed by atoms with E-state index in [4.69, 9.17) is 0 Å². The van der Waals surface area contributed by atoms with E-state index >= 15 is 0 Å². The van der Waals surface area contributed by atoms with Crippen molar-refractivity contribution in [2.45, 2.75) is 64.1 Å². The molecule has 0 radical (unpaired) electrons. The lowest BCUT2D eigenvalue weighted by Crippen LogP contribution is -2.65. The first kappa shape index (κ1) is 21.7. The smallest absolute Gasteiger partial charge is 0.290 e. The minimum absolute atomic E-state index is 0.0638. The Hall–Kier alpha value is -3.15. The van der Waals surface area contributed by atoms with Gasteiger partial charge in [0.05, 0.1) is 17.6 Å². The number of carbonyl (C=O) groups excluding carboxylic acids is 2. The highest BCUT2D eigenvalue weighted by molar-refractivity contribution is 6.01. The number of amides is 2. The number of nitrogens with zero attached hydrogens (tertiary/aromatic N) is 3. The van der Waals surface area contributed by atoms with E-state index < -0.39 is 5.54 Å². The SMILES string of the molecule is C[C@@H]1CCCC[C@@H]1NC(=O)[C@@]1(C)Cn2c(nc3ccccc32)C(=O)N1CCc1ccccc1. The number of imidazole rings is 1. The summed E-state index contributed by atoms with van der Waals surface area (Å²) in [7, 11) is 0. The van der Waals surface area contributed by atoms with Crippen molar-refractivity contribution in [2.24, 2.45) is 5.92 Å². The summed E-state index contributed by atoms with van der Waals surface area (Å²) in [5, 5.41) is 3.33. The maximum atomic E-state index is 13.8. The molecule has 1 fully saturated rings. The molecule has 172 valence electrons. The Balaban J connectivity index is 1.50. The third-order valence-electron chi connectivity index (χ3n) is 7.54. The van der Waals surface area contributed by atoms with Crippen LogP contribution in [-0.2, 0) is 17.8 Å². The molecule has 2 aromatic carbocycles. The van der Waals surface area contributed by atoms with E-state index in [9.17, 15) is 9.59 Å². The average Bonchev–Trinajstić information content (AvgIpc) is 3.19. The summed E-state index contributed by atoms with van der Waals surface area (Å²) >= 11 is 0. The lowest BCUT2D eigenvalue weighted by atomic mass is 9.85. The molecule has 0 unspecified atom stereocenters. The summed E-state index contributed by atoms with van der Waals surface area (Å²) in [6, 6.07) is 18.0. The molecule has 3 atom stereocenters. The number of hydrogen-bond acceptors (Lipinski definition) is 3. The van der Waals surface area contributed by atoms with Gasteiger partial charge in [0.15, 0.2) is 5.82 Å². The summed E-state index contributed by atoms with van der Waals surface area (Å²) < 4.78 is 1.93. The molecule has 2 amide bonds. The fraction of sp³-hybridized carbons (Fsp3) is 0.444. The fourth-order valence-corrected chi connectivity index (χ4v) is 5.42. The Labute approximate surface area is 195 Å². The highest BCUT2D eigenvalue weighted by Crippen LogP contribution is 2.32. The summed E-state index contributed by atoms with van der Waals surface area (Å²) in [5.74, 6) is 0.627. The monoisotopic (exact) mass is 444 g/mol. The topological polar surface area (TPSA) is 67.2 Å². The van der Waals surface area contributed by atoms with Crippen molar-refractivity contribution in [3.8, 4) is 0 Å². The third-order valence-corrected chi connectivity index (χ3v) is 7.54. The van der Waals surface area contributed by atoms with Crippen LogP contribution < -0.4 is 5.32 Å². The second-order valence-corrected chi connectivity index (χ2v) is 9.82. The molecule has 5 rings (SSSR count). The van der Waals surface area contributed by atoms with Crippen LogP contribution in [0.15, 0.2) is 54.6 Å². The Morgan fingerprint density at radius 3 is 2.61 bits per heavy atom. The molecule has 0 spiro atoms. The van der Waals surface area contributed by atoms with Crippen LogP contribution in [0.25, 0.3) is 11.0 Å². The number of benzene rings is 2. The Bertz CT molecular complexity index is 1170. The molecule has 1 aliphatic heterocycles. The van der Waals surface area contributed by atoms with E-state index in [0.717, 1.165) is 35.9 Å². The van der Waals surface area contributed by atoms with Crippen LogP contribution in [-0.4, -0.2) is 44.4 Å². The molecule has 2 aliphatic rings. The zero-order valence-electron chi connectivity index (χ0n) is 19.5. The molecular weight excluding hydrogens is 412 g/mol. The van der Waals surface area contributed by atoms with Gasteiger partial charge < -0.3 is 14.8 Å². The zero-order chi connectivity index (χ0) is 23.0. The fourth-order valence-electron chi connectivity index (χ4n) is 5.42. The number of fused-ring (bicyclic) bond motifs is 3. The molecule has 3 aromatic rings. The molecule has 1 aromatic heterocycles. The minimum atomic E-state index is -0.987. The van der Waals surface area contributed by atoms with Gasteiger partial charge in [0, 0.05) is 12.6 Å². The average molecular weight is 445 g/mol. The molecule has 1 aliphatic carbocycles. The van der Waals surface area contributed by atoms with Crippen LogP contribution in [0.1, 0.15) is 55.7 Å². The van der Waals surface area contributed by atoms with Crippen molar-refractivity contribution in [1.29, 1.82) is 0 Å². The lowest BCUT2D eigenvalue weighted by Gasteiger charge is -2.44. The number of carbonyl (C=O) groups is 2. The van der Waals surface area contributed by atoms with Gasteiger partial charge >= 0.3 is 0 Å². The quantitative estimate of drug-likeness (QED) is 0.642. The molecule has 33 heavy (non-hydrogen) atoms. The molecular formula is C27H32N4O2. The predicted octanol–water partition coefficient (Wildman–Crippen LogP) is 4.19. The van der Waals surface area contributed by atoms with Crippen molar-refractivity contribution in [1.82, 2.24) is 19.8 Å². The van der Waals surface area contributed by atoms with Crippen molar-refractivity contribution in [2.75, 3.05) is 6.54 Å². The molecule has 6 heteroatoms. The zero-order valence-corrected chi connectivity index (χ0v) is 19.5. The van der Waals surface area contributed by atoms with Gasteiger partial charge in [-0.25, -0.2) is 4.98 Å². The minimum Gasteiger partial charge on any atom is -0.351 e. The molecule has 1 N–H and O–H groups in total. The second kappa shape index (κ2) is 8.65. The maximum absolute atomic E-state index is 13.8. The van der Waals surface area contributed by atoms with Gasteiger partial charge in [0.1, 0.15) is 5.54 Å². The predicted molar refractivity (Wildman–Crippen MR) is 129 cm³/mol. The van der Waals surface area contributed by atoms with Gasteiger partial charge in [0.25, 0.3) is 5.91 Å². The number of hydrogen-bond donors (Lipinski definition) is 1. The van der Waals surface area contributed by atoms with Gasteiger partial charge in [-0.3, -0.25) is 9.59 Å². The van der Waals surface area contributed by atoms with Crippen molar-refractivity contribution < 1.29 is 9.59 Å². The summed E-state index contributed by atoms with van der Waals surface area (Å²) in [6.07, 6.45) is 5.18. The largest absolute Gasteiger partial charge is 0.351 e. The summed E-state index contributed by atoms with van der Waals surface area (Å²) in [4.78, 5) is 34.0. The molecule has 2 heterocycles. The van der Waals surface area contributed by atoms with E-state index in [2.05, 4.69) is 29.4 Å². The summed E-state index contributed by atoms with van der Waals surface area (Å²) in [5.41, 5.74) is 1.84. The Morgan fingerprint density at radius 1 is 1.09 bits per heavy atom. The number of aromatic nitrogens is 2. The second-order valence-electron chi connectivity index (χ2n) is 9.82. The molecule has 6 nitrogen and oxygen atoms in total. The lowest BCUT2D eigenvalue weighted by molar-refractivity contribution is -0.134. The first-order chi connectivity index (χ1) is 16.0. The van der Waals surface area contributed by atoms with Gasteiger partial charge in [-0.05, 0) is 49.8 Å². The van der Waals surface area contributed by atoms with Crippen LogP contribution >= 0.6 is 0 Å². The number of para-hydroxylation sites is 2. The first-order valence-corrected chi connectivity index (χ1v) is 12.1. The highest BCUT2D eigenvalue weighted by atomic mass is 16.2. The maximum Gasteiger partial charge on any atom is 0.290 e. The van der Waals surface area contributed by atoms with Crippen molar-refractivity contribution in [3.05, 3.63) is 66.0 Å². The van der Waals surface area contributed by atoms with Crippen LogP contribution in [0.5, 0.6) is 0 Å². The van der Waals surface area contributed by atoms with Crippen LogP contribution in [0, 0.1) is 5.92 Å². The third kappa shape index (κ3) is 3.92.